The van der Waals surface area contributed by atoms with E-state index in [0.29, 0.717) is 0 Å². The Balaban J connectivity index is -0.000000320. The Morgan fingerprint density at radius 2 is 1.55 bits per heavy atom. The molecule has 2 N–H and O–H groups in total. The van der Waals surface area contributed by atoms with Crippen LogP contribution in [0.1, 0.15) is 13.3 Å². The monoisotopic (exact) mass is 180 g/mol. The zero-order chi connectivity index (χ0) is 7.44. The molecule has 0 bridgehead atoms. The molecule has 0 unspecified atom stereocenters. The molecule has 0 saturated carbocycles. The van der Waals surface area contributed by atoms with Gasteiger partial charge in [-0.15, -0.1) is 0 Å². The Bertz CT molecular complexity index is 124. The first-order chi connectivity index (χ1) is 4.09. The van der Waals surface area contributed by atoms with Gasteiger partial charge in [-0.2, -0.15) is 0 Å². The summed E-state index contributed by atoms with van der Waals surface area (Å²) in [6.07, 6.45) is 0.130. The summed E-state index contributed by atoms with van der Waals surface area (Å²) in [6.45, 7) is 1.52. The molecule has 0 fully saturated rings. The van der Waals surface area contributed by atoms with E-state index >= 15 is 0 Å². The molecule has 0 aromatic carbocycles. The molecule has 4 nitrogen and oxygen atoms in total. The van der Waals surface area contributed by atoms with Crippen molar-refractivity contribution in [2.75, 3.05) is 0 Å². The average Bonchev–Trinajstić information content (AvgIpc) is 1.64. The van der Waals surface area contributed by atoms with Crippen LogP contribution in [0.4, 0.5) is 0 Å². The van der Waals surface area contributed by atoms with Gasteiger partial charge in [0.2, 0.25) is 0 Å². The van der Waals surface area contributed by atoms with Crippen molar-refractivity contribution in [2.24, 2.45) is 5.92 Å². The van der Waals surface area contributed by atoms with Crippen molar-refractivity contribution in [3.63, 3.8) is 0 Å². The van der Waals surface area contributed by atoms with Gasteiger partial charge in [0.05, 0.1) is 0 Å². The van der Waals surface area contributed by atoms with Crippen LogP contribution >= 0.6 is 0 Å². The molecule has 0 radical (unpaired) electrons. The van der Waals surface area contributed by atoms with Gasteiger partial charge in [0.1, 0.15) is 0 Å². The molecule has 0 aliphatic rings. The van der Waals surface area contributed by atoms with Crippen molar-refractivity contribution in [2.45, 2.75) is 13.3 Å². The number of carboxylic acid groups (broad SMARTS) is 2. The maximum atomic E-state index is 9.99. The van der Waals surface area contributed by atoms with Crippen molar-refractivity contribution in [3.8, 4) is 0 Å². The van der Waals surface area contributed by atoms with Crippen LogP contribution in [-0.2, 0) is 9.59 Å². The van der Waals surface area contributed by atoms with E-state index in [2.05, 4.69) is 0 Å². The van der Waals surface area contributed by atoms with E-state index in [4.69, 9.17) is 10.2 Å². The molecule has 0 amide bonds. The number of carbonyl (C=O) groups is 2. The van der Waals surface area contributed by atoms with Gasteiger partial charge in [0.15, 0.2) is 5.92 Å². The summed E-state index contributed by atoms with van der Waals surface area (Å²) in [6, 6.07) is 0. The summed E-state index contributed by atoms with van der Waals surface area (Å²) in [5, 5.41) is 16.3. The number of rotatable bonds is 3. The molecule has 0 aliphatic heterocycles. The van der Waals surface area contributed by atoms with Gasteiger partial charge in [0, 0.05) is 0 Å². The first-order valence-corrected chi connectivity index (χ1v) is 2.55. The number of carboxylic acids is 2. The standard InChI is InChI=1S/C5H8O4.K.Li.2H/c1-2-3(4(6)7)5(8)9;;;;/h3H,2H2,1H3,(H,6,7)(H,8,9);;;;. The summed E-state index contributed by atoms with van der Waals surface area (Å²) in [7, 11) is 0. The fourth-order valence-corrected chi connectivity index (χ4v) is 0.455. The first-order valence-electron chi connectivity index (χ1n) is 2.55. The van der Waals surface area contributed by atoms with Crippen LogP contribution in [0, 0.1) is 5.92 Å². The van der Waals surface area contributed by atoms with Crippen molar-refractivity contribution < 1.29 is 19.8 Å². The van der Waals surface area contributed by atoms with Gasteiger partial charge in [-0.05, 0) is 6.42 Å². The molecule has 0 aromatic rings. The molecule has 11 heavy (non-hydrogen) atoms. The van der Waals surface area contributed by atoms with E-state index in [9.17, 15) is 9.59 Å². The van der Waals surface area contributed by atoms with Crippen LogP contribution in [0.5, 0.6) is 0 Å². The molecule has 0 atom stereocenters. The zero-order valence-electron chi connectivity index (χ0n) is 5.00. The second kappa shape index (κ2) is 9.26. The van der Waals surface area contributed by atoms with Crippen LogP contribution < -0.4 is 0 Å². The Labute approximate surface area is 119 Å². The van der Waals surface area contributed by atoms with E-state index in [1.807, 2.05) is 0 Å². The van der Waals surface area contributed by atoms with Gasteiger partial charge >= 0.3 is 82.2 Å². The molecular weight excluding hydrogens is 170 g/mol. The summed E-state index contributed by atoms with van der Waals surface area (Å²) in [5.41, 5.74) is 0. The Hall–Kier alpha value is 1.17. The Morgan fingerprint density at radius 3 is 1.55 bits per heavy atom. The van der Waals surface area contributed by atoms with Crippen molar-refractivity contribution >= 4 is 82.2 Å². The van der Waals surface area contributed by atoms with Gasteiger partial charge in [0.25, 0.3) is 0 Å². The maximum absolute atomic E-state index is 9.99. The molecule has 0 aliphatic carbocycles. The van der Waals surface area contributed by atoms with Crippen LogP contribution in [0.3, 0.4) is 0 Å². The van der Waals surface area contributed by atoms with Gasteiger partial charge in [-0.25, -0.2) is 0 Å². The Kier molecular flexibility index (Phi) is 15.2. The van der Waals surface area contributed by atoms with Crippen molar-refractivity contribution in [3.05, 3.63) is 0 Å². The van der Waals surface area contributed by atoms with Gasteiger partial charge in [-0.3, -0.25) is 9.59 Å². The van der Waals surface area contributed by atoms with E-state index in [0.717, 1.165) is 0 Å². The van der Waals surface area contributed by atoms with Crippen molar-refractivity contribution in [1.82, 2.24) is 0 Å². The van der Waals surface area contributed by atoms with Crippen LogP contribution in [0.15, 0.2) is 0 Å². The summed E-state index contributed by atoms with van der Waals surface area (Å²) >= 11 is 0. The number of hydrogen-bond donors (Lipinski definition) is 2. The summed E-state index contributed by atoms with van der Waals surface area (Å²) in [4.78, 5) is 20.0. The SMILES string of the molecule is CCC(C(=O)O)C(=O)O.[KH].[LiH]. The predicted octanol–water partition coefficient (Wildman–Crippen LogP) is -1.12. The molecule has 56 valence electrons. The van der Waals surface area contributed by atoms with E-state index in [-0.39, 0.29) is 76.7 Å². The average molecular weight is 180 g/mol. The zero-order valence-corrected chi connectivity index (χ0v) is 5.00. The van der Waals surface area contributed by atoms with Crippen molar-refractivity contribution in [1.29, 1.82) is 0 Å². The third-order valence-electron chi connectivity index (χ3n) is 1.00. The molecule has 0 aromatic heterocycles. The van der Waals surface area contributed by atoms with E-state index < -0.39 is 17.9 Å². The fraction of sp³-hybridized carbons (Fsp3) is 0.600. The summed E-state index contributed by atoms with van der Waals surface area (Å²) < 4.78 is 0. The Morgan fingerprint density at radius 1 is 1.27 bits per heavy atom. The predicted molar refractivity (Wildman–Crippen MR) is 43.4 cm³/mol. The third-order valence-corrected chi connectivity index (χ3v) is 1.00. The van der Waals surface area contributed by atoms with Gasteiger partial charge < -0.3 is 10.2 Å². The quantitative estimate of drug-likeness (QED) is 0.426. The first kappa shape index (κ1) is 18.1. The summed E-state index contributed by atoms with van der Waals surface area (Å²) in [5.74, 6) is -3.79. The molecular formula is C5H10KLiO4. The van der Waals surface area contributed by atoms with Crippen LogP contribution in [0.2, 0.25) is 0 Å². The van der Waals surface area contributed by atoms with Crippen LogP contribution in [0.25, 0.3) is 0 Å². The van der Waals surface area contributed by atoms with Gasteiger partial charge in [-0.1, -0.05) is 6.92 Å². The van der Waals surface area contributed by atoms with Crippen LogP contribution in [-0.4, -0.2) is 92.4 Å². The molecule has 0 rings (SSSR count). The normalized spacial score (nSPS) is 7.82. The molecule has 0 spiro atoms. The molecule has 0 saturated heterocycles. The second-order valence-corrected chi connectivity index (χ2v) is 1.64. The topological polar surface area (TPSA) is 74.6 Å². The molecule has 6 heteroatoms. The minimum atomic E-state index is -1.27. The second-order valence-electron chi connectivity index (χ2n) is 1.64. The number of hydrogen-bond acceptors (Lipinski definition) is 2. The van der Waals surface area contributed by atoms with E-state index in [1.54, 1.807) is 0 Å². The van der Waals surface area contributed by atoms with E-state index in [1.165, 1.54) is 6.92 Å². The number of aliphatic carboxylic acids is 2. The fourth-order valence-electron chi connectivity index (χ4n) is 0.455. The minimum absolute atomic E-state index is 0. The molecule has 0 heterocycles. The third kappa shape index (κ3) is 7.53.